The van der Waals surface area contributed by atoms with Crippen molar-refractivity contribution < 1.29 is 9.18 Å². The van der Waals surface area contributed by atoms with Crippen molar-refractivity contribution in [2.45, 2.75) is 33.1 Å². The van der Waals surface area contributed by atoms with Crippen LogP contribution in [0.1, 0.15) is 43.5 Å². The number of ketones is 1. The standard InChI is InChI=1S/C14H17FO/c1-14(2)9-3-4-12(14)13(16)10-5-7-11(15)8-6-10/h5-8,12H,3-4,9H2,1-2H3. The molecule has 0 N–H and O–H groups in total. The van der Waals surface area contributed by atoms with Crippen molar-refractivity contribution in [3.8, 4) is 0 Å². The first-order valence-corrected chi connectivity index (χ1v) is 5.80. The molecular weight excluding hydrogens is 203 g/mol. The first-order chi connectivity index (χ1) is 7.50. The SMILES string of the molecule is CC1(C)CCCC1C(=O)c1ccc(F)cc1. The number of halogens is 1. The molecule has 0 radical (unpaired) electrons. The molecule has 0 aliphatic heterocycles. The van der Waals surface area contributed by atoms with Crippen LogP contribution >= 0.6 is 0 Å². The lowest BCUT2D eigenvalue weighted by atomic mass is 9.78. The van der Waals surface area contributed by atoms with Gasteiger partial charge in [-0.15, -0.1) is 0 Å². The maximum Gasteiger partial charge on any atom is 0.166 e. The fraction of sp³-hybridized carbons (Fsp3) is 0.500. The summed E-state index contributed by atoms with van der Waals surface area (Å²) in [7, 11) is 0. The summed E-state index contributed by atoms with van der Waals surface area (Å²) in [6.07, 6.45) is 3.18. The molecule has 0 bridgehead atoms. The Labute approximate surface area is 95.7 Å². The van der Waals surface area contributed by atoms with Crippen molar-refractivity contribution in [3.63, 3.8) is 0 Å². The normalized spacial score (nSPS) is 23.3. The number of hydrogen-bond donors (Lipinski definition) is 0. The van der Waals surface area contributed by atoms with Gasteiger partial charge in [0.2, 0.25) is 0 Å². The largest absolute Gasteiger partial charge is 0.294 e. The molecule has 2 heteroatoms. The minimum atomic E-state index is -0.290. The van der Waals surface area contributed by atoms with E-state index in [0.717, 1.165) is 19.3 Å². The minimum absolute atomic E-state index is 0.0888. The molecule has 1 nitrogen and oxygen atoms in total. The Morgan fingerprint density at radius 2 is 1.94 bits per heavy atom. The molecule has 0 amide bonds. The molecule has 1 aromatic rings. The number of carbonyl (C=O) groups excluding carboxylic acids is 1. The van der Waals surface area contributed by atoms with Crippen LogP contribution in [0.25, 0.3) is 0 Å². The second-order valence-electron chi connectivity index (χ2n) is 5.30. The van der Waals surface area contributed by atoms with E-state index in [2.05, 4.69) is 13.8 Å². The molecule has 1 aliphatic carbocycles. The molecule has 16 heavy (non-hydrogen) atoms. The number of hydrogen-bond acceptors (Lipinski definition) is 1. The van der Waals surface area contributed by atoms with Gasteiger partial charge in [0.25, 0.3) is 0 Å². The van der Waals surface area contributed by atoms with E-state index < -0.39 is 0 Å². The van der Waals surface area contributed by atoms with Gasteiger partial charge in [-0.25, -0.2) is 4.39 Å². The third-order valence-electron chi connectivity index (χ3n) is 3.70. The van der Waals surface area contributed by atoms with Crippen LogP contribution in [0, 0.1) is 17.2 Å². The van der Waals surface area contributed by atoms with Crippen LogP contribution in [0.15, 0.2) is 24.3 Å². The van der Waals surface area contributed by atoms with E-state index in [1.54, 1.807) is 12.1 Å². The van der Waals surface area contributed by atoms with Crippen LogP contribution in [-0.2, 0) is 0 Å². The van der Waals surface area contributed by atoms with Crippen molar-refractivity contribution >= 4 is 5.78 Å². The summed E-state index contributed by atoms with van der Waals surface area (Å²) in [5.41, 5.74) is 0.729. The second-order valence-corrected chi connectivity index (χ2v) is 5.30. The molecule has 1 unspecified atom stereocenters. The molecule has 86 valence electrons. The summed E-state index contributed by atoms with van der Waals surface area (Å²) in [6, 6.07) is 5.89. The lowest BCUT2D eigenvalue weighted by Gasteiger charge is -2.25. The summed E-state index contributed by atoms with van der Waals surface area (Å²) in [4.78, 5) is 12.3. The highest BCUT2D eigenvalue weighted by atomic mass is 19.1. The lowest BCUT2D eigenvalue weighted by Crippen LogP contribution is -2.25. The van der Waals surface area contributed by atoms with Crippen molar-refractivity contribution in [1.82, 2.24) is 0 Å². The van der Waals surface area contributed by atoms with E-state index in [9.17, 15) is 9.18 Å². The van der Waals surface area contributed by atoms with Gasteiger partial charge in [0, 0.05) is 11.5 Å². The van der Waals surface area contributed by atoms with Crippen molar-refractivity contribution in [2.24, 2.45) is 11.3 Å². The van der Waals surface area contributed by atoms with Gasteiger partial charge in [-0.1, -0.05) is 20.3 Å². The van der Waals surface area contributed by atoms with E-state index in [1.807, 2.05) is 0 Å². The van der Waals surface area contributed by atoms with Crippen LogP contribution in [-0.4, -0.2) is 5.78 Å². The molecule has 1 atom stereocenters. The molecule has 0 heterocycles. The van der Waals surface area contributed by atoms with Crippen LogP contribution in [0.4, 0.5) is 4.39 Å². The van der Waals surface area contributed by atoms with E-state index >= 15 is 0 Å². The molecule has 0 spiro atoms. The number of Topliss-reactive ketones (excluding diaryl/α,β-unsaturated/α-hetero) is 1. The average molecular weight is 220 g/mol. The minimum Gasteiger partial charge on any atom is -0.294 e. The van der Waals surface area contributed by atoms with Crippen LogP contribution in [0.5, 0.6) is 0 Å². The summed E-state index contributed by atoms with van der Waals surface area (Å²) in [6.45, 7) is 4.29. The molecule has 0 aromatic heterocycles. The average Bonchev–Trinajstić information content (AvgIpc) is 2.58. The van der Waals surface area contributed by atoms with Gasteiger partial charge < -0.3 is 0 Å². The van der Waals surface area contributed by atoms with Gasteiger partial charge in [0.05, 0.1) is 0 Å². The first-order valence-electron chi connectivity index (χ1n) is 5.80. The van der Waals surface area contributed by atoms with Gasteiger partial charge in [0.15, 0.2) is 5.78 Å². The Hall–Kier alpha value is -1.18. The molecular formula is C14H17FO. The van der Waals surface area contributed by atoms with Gasteiger partial charge in [0.1, 0.15) is 5.82 Å². The zero-order valence-electron chi connectivity index (χ0n) is 9.79. The number of carbonyl (C=O) groups is 1. The van der Waals surface area contributed by atoms with Crippen molar-refractivity contribution in [2.75, 3.05) is 0 Å². The third-order valence-corrected chi connectivity index (χ3v) is 3.70. The Kier molecular flexibility index (Phi) is 2.83. The molecule has 0 saturated heterocycles. The lowest BCUT2D eigenvalue weighted by molar-refractivity contribution is 0.0839. The van der Waals surface area contributed by atoms with Gasteiger partial charge >= 0.3 is 0 Å². The Bertz CT molecular complexity index is 392. The van der Waals surface area contributed by atoms with Crippen LogP contribution < -0.4 is 0 Å². The maximum absolute atomic E-state index is 12.8. The first kappa shape index (κ1) is 11.3. The van der Waals surface area contributed by atoms with E-state index in [0.29, 0.717) is 5.56 Å². The predicted molar refractivity (Wildman–Crippen MR) is 61.9 cm³/mol. The smallest absolute Gasteiger partial charge is 0.166 e. The highest BCUT2D eigenvalue weighted by Gasteiger charge is 2.39. The molecule has 1 aliphatic rings. The summed E-state index contributed by atoms with van der Waals surface area (Å²) in [5.74, 6) is -0.0253. The molecule has 1 fully saturated rings. The summed E-state index contributed by atoms with van der Waals surface area (Å²) in [5, 5.41) is 0. The van der Waals surface area contributed by atoms with E-state index in [1.165, 1.54) is 12.1 Å². The topological polar surface area (TPSA) is 17.1 Å². The van der Waals surface area contributed by atoms with Gasteiger partial charge in [-0.3, -0.25) is 4.79 Å². The highest BCUT2D eigenvalue weighted by molar-refractivity contribution is 5.98. The monoisotopic (exact) mass is 220 g/mol. The fourth-order valence-corrected chi connectivity index (χ4v) is 2.63. The van der Waals surface area contributed by atoms with Crippen molar-refractivity contribution in [3.05, 3.63) is 35.6 Å². The Morgan fingerprint density at radius 1 is 1.31 bits per heavy atom. The van der Waals surface area contributed by atoms with Gasteiger partial charge in [-0.2, -0.15) is 0 Å². The van der Waals surface area contributed by atoms with Gasteiger partial charge in [-0.05, 0) is 42.5 Å². The Morgan fingerprint density at radius 3 is 2.44 bits per heavy atom. The van der Waals surface area contributed by atoms with Crippen LogP contribution in [0.3, 0.4) is 0 Å². The summed E-state index contributed by atoms with van der Waals surface area (Å²) >= 11 is 0. The third kappa shape index (κ3) is 2.01. The Balaban J connectivity index is 2.22. The molecule has 1 aromatic carbocycles. The number of rotatable bonds is 2. The van der Waals surface area contributed by atoms with Crippen molar-refractivity contribution in [1.29, 1.82) is 0 Å². The number of benzene rings is 1. The summed E-state index contributed by atoms with van der Waals surface area (Å²) < 4.78 is 12.8. The molecule has 2 rings (SSSR count). The molecule has 1 saturated carbocycles. The fourth-order valence-electron chi connectivity index (χ4n) is 2.63. The second kappa shape index (κ2) is 4.00. The van der Waals surface area contributed by atoms with E-state index in [4.69, 9.17) is 0 Å². The predicted octanol–water partition coefficient (Wildman–Crippen LogP) is 3.83. The van der Waals surface area contributed by atoms with Crippen LogP contribution in [0.2, 0.25) is 0 Å². The maximum atomic E-state index is 12.8. The highest BCUT2D eigenvalue weighted by Crippen LogP contribution is 2.44. The zero-order chi connectivity index (χ0) is 11.8. The van der Waals surface area contributed by atoms with E-state index in [-0.39, 0.29) is 22.9 Å². The zero-order valence-corrected chi connectivity index (χ0v) is 9.79. The quantitative estimate of drug-likeness (QED) is 0.692.